The number of fused-ring (bicyclic) bond motifs is 3. The molecule has 0 atom stereocenters. The Balaban J connectivity index is 1.97. The van der Waals surface area contributed by atoms with Crippen LogP contribution in [0.2, 0.25) is 0 Å². The lowest BCUT2D eigenvalue weighted by atomic mass is 9.97. The van der Waals surface area contributed by atoms with E-state index in [2.05, 4.69) is 0 Å². The minimum Gasteiger partial charge on any atom is -0.459 e. The summed E-state index contributed by atoms with van der Waals surface area (Å²) < 4.78 is 30.6. The second-order valence-electron chi connectivity index (χ2n) is 5.29. The third kappa shape index (κ3) is 2.53. The van der Waals surface area contributed by atoms with Gasteiger partial charge >= 0.3 is 5.97 Å². The summed E-state index contributed by atoms with van der Waals surface area (Å²) in [5, 5.41) is 0. The number of ether oxygens (including phenoxy) is 1. The van der Waals surface area contributed by atoms with Gasteiger partial charge in [-0.25, -0.2) is 8.78 Å². The maximum absolute atomic E-state index is 12.9. The Morgan fingerprint density at radius 1 is 1.05 bits per heavy atom. The predicted octanol–water partition coefficient (Wildman–Crippen LogP) is 4.00. The van der Waals surface area contributed by atoms with Crippen LogP contribution in [0.5, 0.6) is 0 Å². The summed E-state index contributed by atoms with van der Waals surface area (Å²) in [5.41, 5.74) is 3.53. The highest BCUT2D eigenvalue weighted by atomic mass is 19.3. The van der Waals surface area contributed by atoms with Gasteiger partial charge < -0.3 is 4.74 Å². The quantitative estimate of drug-likeness (QED) is 0.798. The van der Waals surface area contributed by atoms with Crippen LogP contribution in [-0.2, 0) is 9.53 Å². The average Bonchev–Trinajstić information content (AvgIpc) is 2.79. The number of carbonyl (C=O) groups excluding carboxylic acids is 1. The second kappa shape index (κ2) is 4.95. The Labute approximate surface area is 121 Å². The van der Waals surface area contributed by atoms with Crippen molar-refractivity contribution in [3.05, 3.63) is 59.7 Å². The highest BCUT2D eigenvalue weighted by Gasteiger charge is 2.35. The Morgan fingerprint density at radius 3 is 2.00 bits per heavy atom. The molecule has 0 radical (unpaired) electrons. The van der Waals surface area contributed by atoms with E-state index in [9.17, 15) is 13.6 Å². The van der Waals surface area contributed by atoms with Gasteiger partial charge in [0, 0.05) is 6.92 Å². The molecule has 0 heterocycles. The third-order valence-electron chi connectivity index (χ3n) is 3.54. The van der Waals surface area contributed by atoms with E-state index in [1.807, 2.05) is 48.5 Å². The van der Waals surface area contributed by atoms with Crippen LogP contribution in [0.4, 0.5) is 8.78 Å². The maximum atomic E-state index is 12.9. The lowest BCUT2D eigenvalue weighted by Gasteiger charge is -2.15. The first-order chi connectivity index (χ1) is 9.97. The zero-order valence-electron chi connectivity index (χ0n) is 11.5. The molecule has 2 aromatic rings. The molecule has 3 rings (SSSR count). The molecule has 0 saturated carbocycles. The molecule has 0 amide bonds. The summed E-state index contributed by atoms with van der Waals surface area (Å²) in [6.45, 7) is -0.163. The monoisotopic (exact) mass is 288 g/mol. The van der Waals surface area contributed by atoms with Crippen LogP contribution >= 0.6 is 0 Å². The summed E-state index contributed by atoms with van der Waals surface area (Å²) in [6, 6.07) is 15.0. The van der Waals surface area contributed by atoms with Crippen molar-refractivity contribution < 1.29 is 18.3 Å². The SMILES string of the molecule is CC(F)(F)COC(=O)C1c2ccccc2-c2ccccc21. The van der Waals surface area contributed by atoms with E-state index in [0.29, 0.717) is 0 Å². The summed E-state index contributed by atoms with van der Waals surface area (Å²) in [5.74, 6) is -4.28. The molecule has 0 N–H and O–H groups in total. The van der Waals surface area contributed by atoms with Gasteiger partial charge in [0.25, 0.3) is 5.92 Å². The van der Waals surface area contributed by atoms with Gasteiger partial charge in [0.2, 0.25) is 0 Å². The first-order valence-corrected chi connectivity index (χ1v) is 6.70. The summed E-state index contributed by atoms with van der Waals surface area (Å²) >= 11 is 0. The van der Waals surface area contributed by atoms with E-state index in [1.165, 1.54) is 0 Å². The van der Waals surface area contributed by atoms with Crippen molar-refractivity contribution in [2.75, 3.05) is 6.61 Å². The number of halogens is 2. The molecule has 0 unspecified atom stereocenters. The van der Waals surface area contributed by atoms with E-state index in [0.717, 1.165) is 29.2 Å². The average molecular weight is 288 g/mol. The molecule has 0 aromatic heterocycles. The summed E-state index contributed by atoms with van der Waals surface area (Å²) in [4.78, 5) is 12.3. The third-order valence-corrected chi connectivity index (χ3v) is 3.54. The fourth-order valence-corrected chi connectivity index (χ4v) is 2.69. The molecule has 108 valence electrons. The number of hydrogen-bond acceptors (Lipinski definition) is 2. The molecule has 0 spiro atoms. The molecular weight excluding hydrogens is 274 g/mol. The molecule has 1 aliphatic carbocycles. The summed E-state index contributed by atoms with van der Waals surface area (Å²) in [7, 11) is 0. The molecule has 21 heavy (non-hydrogen) atoms. The van der Waals surface area contributed by atoms with Crippen LogP contribution in [0.15, 0.2) is 48.5 Å². The number of esters is 1. The van der Waals surface area contributed by atoms with Crippen LogP contribution in [0, 0.1) is 0 Å². The normalized spacial score (nSPS) is 13.7. The Kier molecular flexibility index (Phi) is 3.24. The fourth-order valence-electron chi connectivity index (χ4n) is 2.69. The Bertz CT molecular complexity index is 644. The van der Waals surface area contributed by atoms with Crippen molar-refractivity contribution in [3.63, 3.8) is 0 Å². The smallest absolute Gasteiger partial charge is 0.318 e. The van der Waals surface area contributed by atoms with Crippen LogP contribution in [-0.4, -0.2) is 18.5 Å². The topological polar surface area (TPSA) is 26.3 Å². The zero-order chi connectivity index (χ0) is 15.0. The van der Waals surface area contributed by atoms with Gasteiger partial charge in [-0.05, 0) is 22.3 Å². The van der Waals surface area contributed by atoms with Gasteiger partial charge in [0.1, 0.15) is 5.92 Å². The lowest BCUT2D eigenvalue weighted by Crippen LogP contribution is -2.24. The lowest BCUT2D eigenvalue weighted by molar-refractivity contribution is -0.154. The Morgan fingerprint density at radius 2 is 1.52 bits per heavy atom. The molecule has 4 heteroatoms. The van der Waals surface area contributed by atoms with E-state index >= 15 is 0 Å². The molecule has 2 aromatic carbocycles. The van der Waals surface area contributed by atoms with Gasteiger partial charge in [-0.3, -0.25) is 4.79 Å². The van der Waals surface area contributed by atoms with Crippen molar-refractivity contribution in [1.82, 2.24) is 0 Å². The number of hydrogen-bond donors (Lipinski definition) is 0. The summed E-state index contributed by atoms with van der Waals surface area (Å²) in [6.07, 6.45) is 0. The highest BCUT2D eigenvalue weighted by molar-refractivity contribution is 5.93. The second-order valence-corrected chi connectivity index (χ2v) is 5.29. The van der Waals surface area contributed by atoms with Gasteiger partial charge in [-0.15, -0.1) is 0 Å². The van der Waals surface area contributed by atoms with Crippen molar-refractivity contribution in [3.8, 4) is 11.1 Å². The van der Waals surface area contributed by atoms with Crippen LogP contribution in [0.1, 0.15) is 24.0 Å². The molecular formula is C17H14F2O2. The predicted molar refractivity (Wildman–Crippen MR) is 75.3 cm³/mol. The minimum absolute atomic E-state index is 0.625. The molecule has 2 nitrogen and oxygen atoms in total. The van der Waals surface area contributed by atoms with Crippen LogP contribution < -0.4 is 0 Å². The molecule has 0 fully saturated rings. The Hall–Kier alpha value is -2.23. The van der Waals surface area contributed by atoms with Crippen molar-refractivity contribution in [1.29, 1.82) is 0 Å². The number of rotatable bonds is 3. The fraction of sp³-hybridized carbons (Fsp3) is 0.235. The molecule has 0 bridgehead atoms. The number of benzene rings is 2. The van der Waals surface area contributed by atoms with Gasteiger partial charge in [0.05, 0.1) is 0 Å². The van der Waals surface area contributed by atoms with E-state index in [4.69, 9.17) is 4.74 Å². The van der Waals surface area contributed by atoms with E-state index in [-0.39, 0.29) is 0 Å². The van der Waals surface area contributed by atoms with Gasteiger partial charge in [-0.1, -0.05) is 48.5 Å². The van der Waals surface area contributed by atoms with Gasteiger partial charge in [0.15, 0.2) is 6.61 Å². The molecule has 1 aliphatic rings. The minimum atomic E-state index is -3.02. The maximum Gasteiger partial charge on any atom is 0.318 e. The first-order valence-electron chi connectivity index (χ1n) is 6.70. The zero-order valence-corrected chi connectivity index (χ0v) is 11.5. The number of carbonyl (C=O) groups is 1. The first kappa shape index (κ1) is 13.7. The van der Waals surface area contributed by atoms with Crippen molar-refractivity contribution >= 4 is 5.97 Å². The van der Waals surface area contributed by atoms with Crippen LogP contribution in [0.3, 0.4) is 0 Å². The standard InChI is InChI=1S/C17H14F2O2/c1-17(18,19)10-21-16(20)15-13-8-4-2-6-11(13)12-7-3-5-9-14(12)15/h2-9,15H,10H2,1H3. The van der Waals surface area contributed by atoms with Crippen molar-refractivity contribution in [2.45, 2.75) is 18.8 Å². The highest BCUT2D eigenvalue weighted by Crippen LogP contribution is 2.45. The van der Waals surface area contributed by atoms with Crippen LogP contribution in [0.25, 0.3) is 11.1 Å². The largest absolute Gasteiger partial charge is 0.459 e. The van der Waals surface area contributed by atoms with E-state index in [1.54, 1.807) is 0 Å². The van der Waals surface area contributed by atoms with Gasteiger partial charge in [-0.2, -0.15) is 0 Å². The number of alkyl halides is 2. The van der Waals surface area contributed by atoms with Crippen molar-refractivity contribution in [2.24, 2.45) is 0 Å². The molecule has 0 aliphatic heterocycles. The molecule has 0 saturated heterocycles. The van der Waals surface area contributed by atoms with E-state index < -0.39 is 24.4 Å².